The van der Waals surface area contributed by atoms with Gasteiger partial charge in [-0.2, -0.15) is 0 Å². The van der Waals surface area contributed by atoms with E-state index in [1.54, 1.807) is 12.5 Å². The number of H-pyrrole nitrogens is 1. The summed E-state index contributed by atoms with van der Waals surface area (Å²) in [4.78, 5) is 20.6. The molecular formula is C9H10N6O2. The molecule has 4 N–H and O–H groups in total. The summed E-state index contributed by atoms with van der Waals surface area (Å²) in [6.45, 7) is 0.490. The number of nitrogens with two attached hydrogens (primary N) is 1. The topological polar surface area (TPSA) is 123 Å². The molecule has 0 amide bonds. The Kier molecular flexibility index (Phi) is 2.86. The zero-order chi connectivity index (χ0) is 12.3. The molecule has 0 bridgehead atoms. The maximum atomic E-state index is 10.5. The monoisotopic (exact) mass is 234 g/mol. The summed E-state index contributed by atoms with van der Waals surface area (Å²) < 4.78 is 0. The Balaban J connectivity index is 2.07. The third-order valence-corrected chi connectivity index (χ3v) is 2.11. The Hall–Kier alpha value is -2.64. The molecule has 2 heterocycles. The number of hydrogen-bond donors (Lipinski definition) is 3. The van der Waals surface area contributed by atoms with Crippen molar-refractivity contribution in [3.63, 3.8) is 0 Å². The highest BCUT2D eigenvalue weighted by Gasteiger charge is 2.12. The predicted octanol–water partition coefficient (Wildman–Crippen LogP) is 0.907. The number of rotatable bonds is 4. The van der Waals surface area contributed by atoms with Crippen molar-refractivity contribution in [1.29, 1.82) is 0 Å². The summed E-state index contributed by atoms with van der Waals surface area (Å²) >= 11 is 0. The Bertz CT molecular complexity index is 524. The molecule has 8 heteroatoms. The summed E-state index contributed by atoms with van der Waals surface area (Å²) in [7, 11) is 0. The highest BCUT2D eigenvalue weighted by Crippen LogP contribution is 2.20. The SMILES string of the molecule is Nc1nc(NCc2cnc[nH]2)ccc1[N+](=O)[O-]. The highest BCUT2D eigenvalue weighted by atomic mass is 16.6. The van der Waals surface area contributed by atoms with Crippen LogP contribution in [0.1, 0.15) is 5.69 Å². The number of imidazole rings is 1. The fraction of sp³-hybridized carbons (Fsp3) is 0.111. The van der Waals surface area contributed by atoms with Gasteiger partial charge in [0.1, 0.15) is 5.82 Å². The number of nitro groups is 1. The van der Waals surface area contributed by atoms with Gasteiger partial charge >= 0.3 is 5.69 Å². The molecule has 88 valence electrons. The van der Waals surface area contributed by atoms with Crippen LogP contribution in [0, 0.1) is 10.1 Å². The van der Waals surface area contributed by atoms with Crippen LogP contribution in [-0.4, -0.2) is 19.9 Å². The lowest BCUT2D eigenvalue weighted by molar-refractivity contribution is -0.384. The summed E-state index contributed by atoms with van der Waals surface area (Å²) in [5, 5.41) is 13.5. The van der Waals surface area contributed by atoms with E-state index in [0.29, 0.717) is 12.4 Å². The predicted molar refractivity (Wildman–Crippen MR) is 61.2 cm³/mol. The van der Waals surface area contributed by atoms with Crippen LogP contribution in [0.5, 0.6) is 0 Å². The lowest BCUT2D eigenvalue weighted by atomic mass is 10.3. The maximum Gasteiger partial charge on any atom is 0.311 e. The first kappa shape index (κ1) is 10.9. The fourth-order valence-corrected chi connectivity index (χ4v) is 1.29. The Morgan fingerprint density at radius 3 is 2.94 bits per heavy atom. The van der Waals surface area contributed by atoms with E-state index in [1.807, 2.05) is 0 Å². The zero-order valence-corrected chi connectivity index (χ0v) is 8.75. The van der Waals surface area contributed by atoms with Gasteiger partial charge in [0.25, 0.3) is 0 Å². The van der Waals surface area contributed by atoms with Crippen molar-refractivity contribution in [3.8, 4) is 0 Å². The lowest BCUT2D eigenvalue weighted by Crippen LogP contribution is -2.05. The third kappa shape index (κ3) is 2.48. The molecule has 17 heavy (non-hydrogen) atoms. The van der Waals surface area contributed by atoms with Gasteiger partial charge in [-0.15, -0.1) is 0 Å². The molecule has 8 nitrogen and oxygen atoms in total. The molecule has 0 radical (unpaired) electrons. The average Bonchev–Trinajstić information content (AvgIpc) is 2.78. The molecule has 0 aromatic carbocycles. The minimum absolute atomic E-state index is 0.107. The van der Waals surface area contributed by atoms with Crippen LogP contribution in [0.2, 0.25) is 0 Å². The molecule has 0 atom stereocenters. The molecule has 2 aromatic rings. The van der Waals surface area contributed by atoms with Crippen molar-refractivity contribution in [1.82, 2.24) is 15.0 Å². The van der Waals surface area contributed by atoms with Gasteiger partial charge in [0, 0.05) is 12.3 Å². The number of aromatic nitrogens is 3. The van der Waals surface area contributed by atoms with Crippen LogP contribution >= 0.6 is 0 Å². The number of hydrogen-bond acceptors (Lipinski definition) is 6. The maximum absolute atomic E-state index is 10.5. The Labute approximate surface area is 96.0 Å². The van der Waals surface area contributed by atoms with Crippen LogP contribution in [0.4, 0.5) is 17.3 Å². The molecule has 0 spiro atoms. The van der Waals surface area contributed by atoms with E-state index in [4.69, 9.17) is 5.73 Å². The first-order valence-corrected chi connectivity index (χ1v) is 4.79. The number of pyridine rings is 1. The second kappa shape index (κ2) is 4.47. The van der Waals surface area contributed by atoms with E-state index >= 15 is 0 Å². The van der Waals surface area contributed by atoms with Gasteiger partial charge < -0.3 is 16.0 Å². The van der Waals surface area contributed by atoms with Crippen LogP contribution in [0.15, 0.2) is 24.7 Å². The molecule has 0 unspecified atom stereocenters. The van der Waals surface area contributed by atoms with Crippen molar-refractivity contribution in [2.75, 3.05) is 11.1 Å². The molecule has 2 aromatic heterocycles. The van der Waals surface area contributed by atoms with E-state index in [0.717, 1.165) is 5.69 Å². The molecule has 0 aliphatic carbocycles. The number of nitrogens with one attached hydrogen (secondary N) is 2. The van der Waals surface area contributed by atoms with Crippen LogP contribution in [0.3, 0.4) is 0 Å². The van der Waals surface area contributed by atoms with Crippen molar-refractivity contribution < 1.29 is 4.92 Å². The van der Waals surface area contributed by atoms with E-state index < -0.39 is 4.92 Å². The van der Waals surface area contributed by atoms with Crippen molar-refractivity contribution in [2.24, 2.45) is 0 Å². The van der Waals surface area contributed by atoms with Gasteiger partial charge in [0.15, 0.2) is 0 Å². The van der Waals surface area contributed by atoms with Crippen LogP contribution in [-0.2, 0) is 6.54 Å². The van der Waals surface area contributed by atoms with E-state index in [2.05, 4.69) is 20.3 Å². The lowest BCUT2D eigenvalue weighted by Gasteiger charge is -2.04. The molecule has 2 rings (SSSR count). The minimum atomic E-state index is -0.568. The summed E-state index contributed by atoms with van der Waals surface area (Å²) in [6, 6.07) is 2.82. The highest BCUT2D eigenvalue weighted by molar-refractivity contribution is 5.57. The average molecular weight is 234 g/mol. The summed E-state index contributed by atoms with van der Waals surface area (Å²) in [5.41, 5.74) is 6.14. The van der Waals surface area contributed by atoms with E-state index in [1.165, 1.54) is 12.1 Å². The second-order valence-corrected chi connectivity index (χ2v) is 3.29. The van der Waals surface area contributed by atoms with Crippen molar-refractivity contribution >= 4 is 17.3 Å². The van der Waals surface area contributed by atoms with Gasteiger partial charge in [0.05, 0.1) is 23.5 Å². The molecule has 0 saturated carbocycles. The van der Waals surface area contributed by atoms with Crippen LogP contribution in [0.25, 0.3) is 0 Å². The van der Waals surface area contributed by atoms with Gasteiger partial charge in [-0.25, -0.2) is 9.97 Å². The first-order chi connectivity index (χ1) is 8.16. The summed E-state index contributed by atoms with van der Waals surface area (Å²) in [5.74, 6) is 0.368. The van der Waals surface area contributed by atoms with Gasteiger partial charge in [-0.1, -0.05) is 0 Å². The van der Waals surface area contributed by atoms with Crippen LogP contribution < -0.4 is 11.1 Å². The van der Waals surface area contributed by atoms with Gasteiger partial charge in [-0.3, -0.25) is 10.1 Å². The normalized spacial score (nSPS) is 10.1. The fourth-order valence-electron chi connectivity index (χ4n) is 1.29. The number of anilines is 2. The second-order valence-electron chi connectivity index (χ2n) is 3.29. The Morgan fingerprint density at radius 2 is 2.35 bits per heavy atom. The van der Waals surface area contributed by atoms with Gasteiger partial charge in [0.2, 0.25) is 5.82 Å². The summed E-state index contributed by atoms with van der Waals surface area (Å²) in [6.07, 6.45) is 3.23. The smallest absolute Gasteiger partial charge is 0.311 e. The third-order valence-electron chi connectivity index (χ3n) is 2.11. The molecular weight excluding hydrogens is 224 g/mol. The minimum Gasteiger partial charge on any atom is -0.378 e. The largest absolute Gasteiger partial charge is 0.378 e. The van der Waals surface area contributed by atoms with Gasteiger partial charge in [-0.05, 0) is 6.07 Å². The van der Waals surface area contributed by atoms with Crippen molar-refractivity contribution in [3.05, 3.63) is 40.5 Å². The molecule has 0 aliphatic rings. The first-order valence-electron chi connectivity index (χ1n) is 4.79. The molecule has 0 saturated heterocycles. The standard InChI is InChI=1S/C9H10N6O2/c10-9-7(15(16)17)1-2-8(14-9)12-4-6-3-11-5-13-6/h1-3,5H,4H2,(H,11,13)(H3,10,12,14). The Morgan fingerprint density at radius 1 is 1.53 bits per heavy atom. The number of nitrogen functional groups attached to an aromatic ring is 1. The van der Waals surface area contributed by atoms with Crippen molar-refractivity contribution in [2.45, 2.75) is 6.54 Å². The van der Waals surface area contributed by atoms with E-state index in [-0.39, 0.29) is 11.5 Å². The molecule has 0 fully saturated rings. The van der Waals surface area contributed by atoms with E-state index in [9.17, 15) is 10.1 Å². The quantitative estimate of drug-likeness (QED) is 0.533. The number of aromatic amines is 1. The zero-order valence-electron chi connectivity index (χ0n) is 8.75. The molecule has 0 aliphatic heterocycles. The number of nitrogens with zero attached hydrogens (tertiary/aromatic N) is 3.